The van der Waals surface area contributed by atoms with E-state index in [4.69, 9.17) is 4.74 Å². The van der Waals surface area contributed by atoms with Gasteiger partial charge in [-0.1, -0.05) is 18.3 Å². The molecule has 1 aromatic heterocycles. The Morgan fingerprint density at radius 2 is 2.22 bits per heavy atom. The van der Waals surface area contributed by atoms with Crippen LogP contribution in [-0.2, 0) is 11.3 Å². The molecule has 0 saturated carbocycles. The van der Waals surface area contributed by atoms with Gasteiger partial charge in [0.25, 0.3) is 0 Å². The third-order valence-corrected chi connectivity index (χ3v) is 3.61. The van der Waals surface area contributed by atoms with E-state index < -0.39 is 0 Å². The minimum Gasteiger partial charge on any atom is -0.383 e. The normalized spacial score (nSPS) is 12.9. The van der Waals surface area contributed by atoms with Gasteiger partial charge in [-0.05, 0) is 19.9 Å². The molecule has 0 aliphatic heterocycles. The lowest BCUT2D eigenvalue weighted by molar-refractivity contribution is 0.0975. The fraction of sp³-hybridized carbons (Fsp3) is 0.833. The molecule has 0 aromatic carbocycles. The fourth-order valence-corrected chi connectivity index (χ4v) is 2.40. The minimum atomic E-state index is 0.390. The van der Waals surface area contributed by atoms with Gasteiger partial charge in [0.15, 0.2) is 0 Å². The number of rotatable bonds is 9. The van der Waals surface area contributed by atoms with Crippen LogP contribution < -0.4 is 5.32 Å². The summed E-state index contributed by atoms with van der Waals surface area (Å²) in [6, 6.07) is 0.390. The minimum absolute atomic E-state index is 0.390. The van der Waals surface area contributed by atoms with E-state index in [1.807, 2.05) is 0 Å². The van der Waals surface area contributed by atoms with Crippen molar-refractivity contribution in [2.24, 2.45) is 0 Å². The first-order valence-corrected chi connectivity index (χ1v) is 7.28. The Kier molecular flexibility index (Phi) is 7.15. The molecule has 0 aliphatic carbocycles. The van der Waals surface area contributed by atoms with Gasteiger partial charge < -0.3 is 10.1 Å². The van der Waals surface area contributed by atoms with Gasteiger partial charge in [-0.25, -0.2) is 0 Å². The highest BCUT2D eigenvalue weighted by Gasteiger charge is 2.16. The van der Waals surface area contributed by atoms with Crippen molar-refractivity contribution in [1.29, 1.82) is 0 Å². The largest absolute Gasteiger partial charge is 0.383 e. The zero-order chi connectivity index (χ0) is 13.4. The van der Waals surface area contributed by atoms with Crippen LogP contribution in [0.25, 0.3) is 0 Å². The lowest BCUT2D eigenvalue weighted by Crippen LogP contribution is -2.35. The average molecular weight is 272 g/mol. The maximum absolute atomic E-state index is 5.21. The SMILES string of the molecule is CCCNc1snnc1CN(CC)C(C)COC. The number of nitrogens with one attached hydrogen (secondary N) is 1. The smallest absolute Gasteiger partial charge is 0.134 e. The summed E-state index contributed by atoms with van der Waals surface area (Å²) in [5, 5.41) is 8.70. The van der Waals surface area contributed by atoms with Crippen LogP contribution in [0.4, 0.5) is 5.00 Å². The Morgan fingerprint density at radius 3 is 2.83 bits per heavy atom. The van der Waals surface area contributed by atoms with Crippen molar-refractivity contribution in [3.63, 3.8) is 0 Å². The predicted octanol–water partition coefficient (Wildman–Crippen LogP) is 2.22. The quantitative estimate of drug-likeness (QED) is 0.747. The van der Waals surface area contributed by atoms with Crippen LogP contribution in [0.2, 0.25) is 0 Å². The van der Waals surface area contributed by atoms with E-state index in [2.05, 4.69) is 40.6 Å². The van der Waals surface area contributed by atoms with Gasteiger partial charge in [0.2, 0.25) is 0 Å². The third kappa shape index (κ3) is 4.51. The van der Waals surface area contributed by atoms with Crippen molar-refractivity contribution >= 4 is 16.5 Å². The Labute approximate surface area is 114 Å². The molecule has 0 radical (unpaired) electrons. The summed E-state index contributed by atoms with van der Waals surface area (Å²) in [7, 11) is 1.74. The first kappa shape index (κ1) is 15.3. The summed E-state index contributed by atoms with van der Waals surface area (Å²) in [4.78, 5) is 2.34. The molecule has 0 aliphatic rings. The van der Waals surface area contributed by atoms with Crippen LogP contribution in [0, 0.1) is 0 Å². The summed E-state index contributed by atoms with van der Waals surface area (Å²) in [5.41, 5.74) is 1.04. The molecule has 1 atom stereocenters. The standard InChI is InChI=1S/C12H24N4OS/c1-5-7-13-12-11(14-15-18-12)8-16(6-2)10(3)9-17-4/h10,13H,5-9H2,1-4H3. The highest BCUT2D eigenvalue weighted by atomic mass is 32.1. The average Bonchev–Trinajstić information content (AvgIpc) is 2.80. The van der Waals surface area contributed by atoms with Crippen molar-refractivity contribution in [2.45, 2.75) is 39.8 Å². The maximum Gasteiger partial charge on any atom is 0.134 e. The lowest BCUT2D eigenvalue weighted by atomic mass is 10.2. The van der Waals surface area contributed by atoms with E-state index in [1.54, 1.807) is 7.11 Å². The second-order valence-electron chi connectivity index (χ2n) is 4.34. The first-order chi connectivity index (χ1) is 8.72. The molecule has 0 spiro atoms. The predicted molar refractivity (Wildman–Crippen MR) is 76.1 cm³/mol. The van der Waals surface area contributed by atoms with Crippen molar-refractivity contribution in [3.8, 4) is 0 Å². The maximum atomic E-state index is 5.21. The molecular formula is C12H24N4OS. The summed E-state index contributed by atoms with van der Waals surface area (Å²) in [6.45, 7) is 10.00. The van der Waals surface area contributed by atoms with Crippen molar-refractivity contribution in [1.82, 2.24) is 14.5 Å². The fourth-order valence-electron chi connectivity index (χ4n) is 1.80. The number of anilines is 1. The van der Waals surface area contributed by atoms with E-state index in [0.29, 0.717) is 6.04 Å². The molecule has 0 fully saturated rings. The Morgan fingerprint density at radius 1 is 1.44 bits per heavy atom. The lowest BCUT2D eigenvalue weighted by Gasteiger charge is -2.26. The van der Waals surface area contributed by atoms with Crippen LogP contribution in [0.3, 0.4) is 0 Å². The monoisotopic (exact) mass is 272 g/mol. The van der Waals surface area contributed by atoms with Gasteiger partial charge in [0.05, 0.1) is 6.61 Å². The summed E-state index contributed by atoms with van der Waals surface area (Å²) >= 11 is 1.44. The van der Waals surface area contributed by atoms with Crippen molar-refractivity contribution in [3.05, 3.63) is 5.69 Å². The van der Waals surface area contributed by atoms with Gasteiger partial charge >= 0.3 is 0 Å². The second kappa shape index (κ2) is 8.39. The van der Waals surface area contributed by atoms with Gasteiger partial charge in [0.1, 0.15) is 10.7 Å². The Hall–Kier alpha value is -0.720. The number of nitrogens with zero attached hydrogens (tertiary/aromatic N) is 3. The van der Waals surface area contributed by atoms with Gasteiger partial charge in [0, 0.05) is 37.8 Å². The second-order valence-corrected chi connectivity index (χ2v) is 5.10. The van der Waals surface area contributed by atoms with Crippen LogP contribution in [-0.4, -0.2) is 47.3 Å². The van der Waals surface area contributed by atoms with E-state index in [0.717, 1.165) is 43.4 Å². The van der Waals surface area contributed by atoms with Crippen molar-refractivity contribution < 1.29 is 4.74 Å². The van der Waals surface area contributed by atoms with E-state index in [9.17, 15) is 0 Å². The summed E-state index contributed by atoms with van der Waals surface area (Å²) < 4.78 is 9.25. The zero-order valence-electron chi connectivity index (χ0n) is 11.8. The van der Waals surface area contributed by atoms with Crippen molar-refractivity contribution in [2.75, 3.05) is 32.1 Å². The molecule has 1 aromatic rings. The summed E-state index contributed by atoms with van der Waals surface area (Å²) in [5.74, 6) is 0. The molecule has 1 unspecified atom stereocenters. The highest BCUT2D eigenvalue weighted by Crippen LogP contribution is 2.20. The number of hydrogen-bond donors (Lipinski definition) is 1. The van der Waals surface area contributed by atoms with E-state index >= 15 is 0 Å². The highest BCUT2D eigenvalue weighted by molar-refractivity contribution is 7.10. The number of methoxy groups -OCH3 is 1. The van der Waals surface area contributed by atoms with Crippen LogP contribution in [0.5, 0.6) is 0 Å². The molecule has 104 valence electrons. The molecule has 0 saturated heterocycles. The Balaban J connectivity index is 2.60. The number of likely N-dealkylation sites (N-methyl/N-ethyl adjacent to an activating group) is 1. The van der Waals surface area contributed by atoms with E-state index in [1.165, 1.54) is 11.5 Å². The molecule has 1 rings (SSSR count). The topological polar surface area (TPSA) is 50.3 Å². The molecule has 6 heteroatoms. The van der Waals surface area contributed by atoms with Gasteiger partial charge in [-0.15, -0.1) is 5.10 Å². The van der Waals surface area contributed by atoms with Crippen LogP contribution in [0.1, 0.15) is 32.9 Å². The van der Waals surface area contributed by atoms with Gasteiger partial charge in [-0.2, -0.15) is 0 Å². The zero-order valence-corrected chi connectivity index (χ0v) is 12.6. The molecule has 0 bridgehead atoms. The number of hydrogen-bond acceptors (Lipinski definition) is 6. The van der Waals surface area contributed by atoms with E-state index in [-0.39, 0.29) is 0 Å². The Bertz CT molecular complexity index is 332. The van der Waals surface area contributed by atoms with Gasteiger partial charge in [-0.3, -0.25) is 4.90 Å². The first-order valence-electron chi connectivity index (χ1n) is 6.50. The van der Waals surface area contributed by atoms with Crippen LogP contribution >= 0.6 is 11.5 Å². The molecule has 0 amide bonds. The number of aromatic nitrogens is 2. The molecule has 5 nitrogen and oxygen atoms in total. The summed E-state index contributed by atoms with van der Waals surface area (Å²) in [6.07, 6.45) is 1.11. The molecule has 1 heterocycles. The molecule has 18 heavy (non-hydrogen) atoms. The van der Waals surface area contributed by atoms with Crippen LogP contribution in [0.15, 0.2) is 0 Å². The molecule has 1 N–H and O–H groups in total. The molecular weight excluding hydrogens is 248 g/mol. The number of ether oxygens (including phenoxy) is 1. The third-order valence-electron chi connectivity index (χ3n) is 2.88.